The number of benzene rings is 1. The normalized spacial score (nSPS) is 10.7. The Hall–Kier alpha value is -2.56. The van der Waals surface area contributed by atoms with Gasteiger partial charge in [0.25, 0.3) is 0 Å². The Bertz CT molecular complexity index is 768. The van der Waals surface area contributed by atoms with Crippen LogP contribution < -0.4 is 5.43 Å². The van der Waals surface area contributed by atoms with Gasteiger partial charge in [-0.2, -0.15) is 0 Å². The van der Waals surface area contributed by atoms with E-state index in [1.54, 1.807) is 29.2 Å². The monoisotopic (exact) mass is 241 g/mol. The van der Waals surface area contributed by atoms with Gasteiger partial charge in [-0.05, 0) is 24.3 Å². The maximum absolute atomic E-state index is 13.3. The minimum absolute atomic E-state index is 0.155. The van der Waals surface area contributed by atoms with E-state index in [9.17, 15) is 9.18 Å². The third-order valence-corrected chi connectivity index (χ3v) is 2.63. The van der Waals surface area contributed by atoms with Crippen LogP contribution in [0.15, 0.2) is 53.7 Å². The topological polar surface area (TPSA) is 47.8 Å². The van der Waals surface area contributed by atoms with Gasteiger partial charge in [-0.3, -0.25) is 9.36 Å². The molecule has 1 aromatic carbocycles. The van der Waals surface area contributed by atoms with Crippen molar-refractivity contribution in [1.82, 2.24) is 14.5 Å². The van der Waals surface area contributed by atoms with Crippen molar-refractivity contribution in [3.63, 3.8) is 0 Å². The number of rotatable bonds is 1. The molecule has 0 amide bonds. The van der Waals surface area contributed by atoms with Crippen molar-refractivity contribution < 1.29 is 4.39 Å². The summed E-state index contributed by atoms with van der Waals surface area (Å²) >= 11 is 0. The molecule has 0 aliphatic carbocycles. The van der Waals surface area contributed by atoms with Crippen LogP contribution in [0.4, 0.5) is 4.39 Å². The van der Waals surface area contributed by atoms with Gasteiger partial charge in [0.05, 0.1) is 5.52 Å². The molecule has 0 radical (unpaired) electrons. The molecule has 0 saturated carbocycles. The van der Waals surface area contributed by atoms with E-state index in [0.29, 0.717) is 16.9 Å². The summed E-state index contributed by atoms with van der Waals surface area (Å²) in [5.41, 5.74) is 0.297. The predicted octanol–water partition coefficient (Wildman–Crippen LogP) is 1.92. The summed E-state index contributed by atoms with van der Waals surface area (Å²) < 4.78 is 14.9. The number of hydrogen-bond acceptors (Lipinski definition) is 3. The third kappa shape index (κ3) is 1.66. The maximum atomic E-state index is 13.3. The molecule has 0 aliphatic rings. The molecule has 0 fully saturated rings. The zero-order valence-electron chi connectivity index (χ0n) is 9.25. The number of pyridine rings is 1. The molecule has 0 bridgehead atoms. The van der Waals surface area contributed by atoms with Crippen LogP contribution in [0.1, 0.15) is 0 Å². The van der Waals surface area contributed by atoms with E-state index in [-0.39, 0.29) is 5.43 Å². The van der Waals surface area contributed by atoms with E-state index >= 15 is 0 Å². The highest BCUT2D eigenvalue weighted by molar-refractivity contribution is 5.79. The Labute approximate surface area is 101 Å². The van der Waals surface area contributed by atoms with E-state index in [1.165, 1.54) is 24.3 Å². The Kier molecular flexibility index (Phi) is 2.37. The molecule has 0 N–H and O–H groups in total. The van der Waals surface area contributed by atoms with Gasteiger partial charge in [0.1, 0.15) is 5.82 Å². The number of aromatic nitrogens is 3. The zero-order valence-corrected chi connectivity index (χ0v) is 9.25. The van der Waals surface area contributed by atoms with Gasteiger partial charge < -0.3 is 0 Å². The molecule has 2 aromatic heterocycles. The first-order valence-corrected chi connectivity index (χ1v) is 5.34. The summed E-state index contributed by atoms with van der Waals surface area (Å²) in [7, 11) is 0. The fourth-order valence-electron chi connectivity index (χ4n) is 1.81. The van der Waals surface area contributed by atoms with Gasteiger partial charge in [-0.25, -0.2) is 14.4 Å². The highest BCUT2D eigenvalue weighted by atomic mass is 19.1. The average Bonchev–Trinajstić information content (AvgIpc) is 2.40. The average molecular weight is 241 g/mol. The van der Waals surface area contributed by atoms with Crippen LogP contribution in [0.3, 0.4) is 0 Å². The molecule has 5 heteroatoms. The van der Waals surface area contributed by atoms with Crippen molar-refractivity contribution in [2.24, 2.45) is 0 Å². The van der Waals surface area contributed by atoms with E-state index in [4.69, 9.17) is 0 Å². The molecule has 0 atom stereocenters. The molecule has 2 heterocycles. The predicted molar refractivity (Wildman–Crippen MR) is 65.1 cm³/mol. The zero-order chi connectivity index (χ0) is 12.5. The molecule has 0 saturated heterocycles. The summed E-state index contributed by atoms with van der Waals surface area (Å²) in [6.45, 7) is 0. The quantitative estimate of drug-likeness (QED) is 0.654. The lowest BCUT2D eigenvalue weighted by Crippen LogP contribution is -2.08. The third-order valence-electron chi connectivity index (χ3n) is 2.63. The summed E-state index contributed by atoms with van der Waals surface area (Å²) in [5, 5.41) is 0.436. The van der Waals surface area contributed by atoms with Crippen LogP contribution in [-0.4, -0.2) is 14.5 Å². The lowest BCUT2D eigenvalue weighted by atomic mass is 10.2. The summed E-state index contributed by atoms with van der Waals surface area (Å²) in [6, 6.07) is 7.13. The Morgan fingerprint density at radius 1 is 1.11 bits per heavy atom. The summed E-state index contributed by atoms with van der Waals surface area (Å²) in [6.07, 6.45) is 4.72. The SMILES string of the molecule is O=c1ccn(-c2ncccn2)c2cc(F)ccc12. The number of nitrogens with zero attached hydrogens (tertiary/aromatic N) is 3. The van der Waals surface area contributed by atoms with Crippen LogP contribution in [0.25, 0.3) is 16.9 Å². The highest BCUT2D eigenvalue weighted by Gasteiger charge is 2.06. The summed E-state index contributed by atoms with van der Waals surface area (Å²) in [5.74, 6) is -0.00844. The van der Waals surface area contributed by atoms with Gasteiger partial charge in [0.2, 0.25) is 5.95 Å². The van der Waals surface area contributed by atoms with Crippen molar-refractivity contribution in [2.75, 3.05) is 0 Å². The maximum Gasteiger partial charge on any atom is 0.234 e. The molecule has 3 aromatic rings. The molecule has 18 heavy (non-hydrogen) atoms. The lowest BCUT2D eigenvalue weighted by molar-refractivity contribution is 0.629. The second kappa shape index (κ2) is 4.03. The standard InChI is InChI=1S/C13H8FN3O/c14-9-2-3-10-11(8-9)17(7-4-12(10)18)13-15-5-1-6-16-13/h1-8H. The van der Waals surface area contributed by atoms with Crippen LogP contribution in [0.5, 0.6) is 0 Å². The fraction of sp³-hybridized carbons (Fsp3) is 0. The van der Waals surface area contributed by atoms with E-state index < -0.39 is 5.82 Å². The van der Waals surface area contributed by atoms with Crippen molar-refractivity contribution in [3.05, 3.63) is 65.0 Å². The van der Waals surface area contributed by atoms with Crippen LogP contribution >= 0.6 is 0 Å². The minimum atomic E-state index is -0.405. The molecule has 3 rings (SSSR count). The smallest absolute Gasteiger partial charge is 0.234 e. The van der Waals surface area contributed by atoms with Crippen LogP contribution in [-0.2, 0) is 0 Å². The molecule has 4 nitrogen and oxygen atoms in total. The van der Waals surface area contributed by atoms with Crippen molar-refractivity contribution in [3.8, 4) is 5.95 Å². The molecule has 0 aliphatic heterocycles. The minimum Gasteiger partial charge on any atom is -0.289 e. The van der Waals surface area contributed by atoms with Gasteiger partial charge in [-0.1, -0.05) is 0 Å². The Balaban J connectivity index is 2.41. The van der Waals surface area contributed by atoms with Gasteiger partial charge >= 0.3 is 0 Å². The molecule has 88 valence electrons. The number of halogens is 1. The first-order valence-electron chi connectivity index (χ1n) is 5.34. The molecule has 0 spiro atoms. The van der Waals surface area contributed by atoms with Crippen LogP contribution in [0, 0.1) is 5.82 Å². The molecule has 0 unspecified atom stereocenters. The molecular formula is C13H8FN3O. The lowest BCUT2D eigenvalue weighted by Gasteiger charge is -2.08. The second-order valence-corrected chi connectivity index (χ2v) is 3.76. The Morgan fingerprint density at radius 2 is 1.89 bits per heavy atom. The first kappa shape index (κ1) is 10.6. The first-order chi connectivity index (χ1) is 8.75. The van der Waals surface area contributed by atoms with Crippen molar-refractivity contribution >= 4 is 10.9 Å². The van der Waals surface area contributed by atoms with Crippen LogP contribution in [0.2, 0.25) is 0 Å². The van der Waals surface area contributed by atoms with Gasteiger partial charge in [0, 0.05) is 30.0 Å². The van der Waals surface area contributed by atoms with E-state index in [0.717, 1.165) is 0 Å². The largest absolute Gasteiger partial charge is 0.289 e. The second-order valence-electron chi connectivity index (χ2n) is 3.76. The van der Waals surface area contributed by atoms with E-state index in [2.05, 4.69) is 9.97 Å². The van der Waals surface area contributed by atoms with Crippen molar-refractivity contribution in [2.45, 2.75) is 0 Å². The number of fused-ring (bicyclic) bond motifs is 1. The van der Waals surface area contributed by atoms with Gasteiger partial charge in [0.15, 0.2) is 5.43 Å². The molecular weight excluding hydrogens is 233 g/mol. The fourth-order valence-corrected chi connectivity index (χ4v) is 1.81. The number of hydrogen-bond donors (Lipinski definition) is 0. The van der Waals surface area contributed by atoms with Gasteiger partial charge in [-0.15, -0.1) is 0 Å². The van der Waals surface area contributed by atoms with Crippen molar-refractivity contribution in [1.29, 1.82) is 0 Å². The summed E-state index contributed by atoms with van der Waals surface area (Å²) in [4.78, 5) is 19.9. The highest BCUT2D eigenvalue weighted by Crippen LogP contribution is 2.14. The Morgan fingerprint density at radius 3 is 2.67 bits per heavy atom. The van der Waals surface area contributed by atoms with E-state index in [1.807, 2.05) is 0 Å².